The molecule has 2 atom stereocenters. The van der Waals surface area contributed by atoms with Gasteiger partial charge in [0.25, 0.3) is 10.0 Å². The fraction of sp³-hybridized carbons (Fsp3) is 0.476. The average molecular weight is 532 g/mol. The molecule has 0 aliphatic heterocycles. The van der Waals surface area contributed by atoms with Gasteiger partial charge in [0.15, 0.2) is 21.5 Å². The number of thiophene rings is 1. The summed E-state index contributed by atoms with van der Waals surface area (Å²) in [5, 5.41) is 23.6. The number of hydrogen-bond acceptors (Lipinski definition) is 9. The van der Waals surface area contributed by atoms with Crippen LogP contribution >= 0.6 is 11.3 Å². The van der Waals surface area contributed by atoms with Gasteiger partial charge in [0, 0.05) is 18.5 Å². The third-order valence-corrected chi connectivity index (χ3v) is 8.86. The molecule has 0 spiro atoms. The highest BCUT2D eigenvalue weighted by atomic mass is 32.2. The van der Waals surface area contributed by atoms with Gasteiger partial charge in [-0.05, 0) is 28.9 Å². The van der Waals surface area contributed by atoms with Crippen molar-refractivity contribution in [3.05, 3.63) is 41.3 Å². The van der Waals surface area contributed by atoms with E-state index in [9.17, 15) is 18.1 Å². The van der Waals surface area contributed by atoms with Crippen LogP contribution in [-0.4, -0.2) is 41.3 Å². The number of nitrogens with zero attached hydrogens (tertiary/aromatic N) is 2. The molecule has 0 amide bonds. The first kappa shape index (κ1) is 28.2. The number of amidine groups is 1. The monoisotopic (exact) mass is 531 g/mol. The summed E-state index contributed by atoms with van der Waals surface area (Å²) in [4.78, 5) is 0. The van der Waals surface area contributed by atoms with E-state index in [4.69, 9.17) is 9.56 Å². The molecule has 13 heteroatoms. The Morgan fingerprint density at radius 1 is 1.38 bits per heavy atom. The number of nitrogens with two attached hydrogens (primary N) is 1. The summed E-state index contributed by atoms with van der Waals surface area (Å²) < 4.78 is 48.2. The van der Waals surface area contributed by atoms with Gasteiger partial charge in [0.1, 0.15) is 11.5 Å². The predicted octanol–water partition coefficient (Wildman–Crippen LogP) is 3.62. The van der Waals surface area contributed by atoms with E-state index >= 15 is 0 Å². The van der Waals surface area contributed by atoms with E-state index in [0.29, 0.717) is 5.76 Å². The van der Waals surface area contributed by atoms with E-state index in [-0.39, 0.29) is 46.0 Å². The third-order valence-electron chi connectivity index (χ3n) is 4.96. The molecule has 0 aliphatic rings. The molecule has 0 aliphatic carbocycles. The Kier molecular flexibility index (Phi) is 9.24. The summed E-state index contributed by atoms with van der Waals surface area (Å²) in [6.07, 6.45) is 0. The number of anilines is 1. The maximum absolute atomic E-state index is 12.9. The standard InChI is InChI=1S/C21H33N5O5S3/c1-8-26(9-2)34(29,30)20-17(27)15(12-32-20)24-19(25-33(22)28)14(4)23-18(21(5,6)7)16-11-10-13(3)31-16/h10-12,18,23,27H,4,8-9,22H2,1-3,5-7H3,(H,24,25)/t18-,33?/m0/s1. The van der Waals surface area contributed by atoms with Crippen molar-refractivity contribution >= 4 is 44.4 Å². The average Bonchev–Trinajstić information content (AvgIpc) is 3.31. The molecule has 0 saturated carbocycles. The first-order chi connectivity index (χ1) is 15.7. The molecule has 2 rings (SSSR count). The van der Waals surface area contributed by atoms with Gasteiger partial charge in [-0.1, -0.05) is 41.2 Å². The van der Waals surface area contributed by atoms with Crippen molar-refractivity contribution in [2.75, 3.05) is 18.4 Å². The number of nitrogens with one attached hydrogen (secondary N) is 2. The second kappa shape index (κ2) is 11.1. The molecule has 10 nitrogen and oxygen atoms in total. The van der Waals surface area contributed by atoms with Crippen LogP contribution in [0, 0.1) is 12.3 Å². The van der Waals surface area contributed by atoms with Crippen molar-refractivity contribution in [2.24, 2.45) is 15.0 Å². The third kappa shape index (κ3) is 6.55. The molecule has 0 radical (unpaired) electrons. The quantitative estimate of drug-likeness (QED) is 0.206. The molecule has 1 unspecified atom stereocenters. The molecule has 190 valence electrons. The lowest BCUT2D eigenvalue weighted by Gasteiger charge is -2.31. The van der Waals surface area contributed by atoms with Crippen LogP contribution in [0.3, 0.4) is 0 Å². The minimum Gasteiger partial charge on any atom is -0.572 e. The van der Waals surface area contributed by atoms with E-state index < -0.39 is 27.3 Å². The summed E-state index contributed by atoms with van der Waals surface area (Å²) in [5.41, 5.74) is -0.00833. The maximum Gasteiger partial charge on any atom is 0.256 e. The Balaban J connectivity index is 2.38. The van der Waals surface area contributed by atoms with Gasteiger partial charge in [-0.2, -0.15) is 4.31 Å². The minimum atomic E-state index is -3.88. The highest BCUT2D eigenvalue weighted by molar-refractivity contribution is 7.91. The number of aryl methyl sites for hydroxylation is 1. The van der Waals surface area contributed by atoms with E-state index in [1.54, 1.807) is 13.8 Å². The normalized spacial score (nSPS) is 14.8. The topological polar surface area (TPSA) is 156 Å². The minimum absolute atomic E-state index is 0.0155. The van der Waals surface area contributed by atoms with E-state index in [0.717, 1.165) is 17.1 Å². The van der Waals surface area contributed by atoms with Crippen LogP contribution in [0.15, 0.2) is 42.8 Å². The summed E-state index contributed by atoms with van der Waals surface area (Å²) in [6.45, 7) is 15.8. The Hall–Kier alpha value is -2.03. The van der Waals surface area contributed by atoms with Gasteiger partial charge in [-0.15, -0.1) is 16.5 Å². The van der Waals surface area contributed by atoms with Gasteiger partial charge >= 0.3 is 0 Å². The fourth-order valence-corrected chi connectivity index (χ4v) is 6.39. The van der Waals surface area contributed by atoms with Crippen LogP contribution in [0.25, 0.3) is 0 Å². The molecule has 2 aromatic heterocycles. The zero-order chi connectivity index (χ0) is 25.8. The van der Waals surface area contributed by atoms with Crippen molar-refractivity contribution in [3.63, 3.8) is 0 Å². The van der Waals surface area contributed by atoms with Crippen molar-refractivity contribution in [1.82, 2.24) is 9.62 Å². The second-order valence-electron chi connectivity index (χ2n) is 8.59. The van der Waals surface area contributed by atoms with E-state index in [1.165, 1.54) is 9.69 Å². The van der Waals surface area contributed by atoms with Crippen molar-refractivity contribution < 1.29 is 22.5 Å². The van der Waals surface area contributed by atoms with E-state index in [1.807, 2.05) is 39.8 Å². The number of sulfonamides is 1. The first-order valence-electron chi connectivity index (χ1n) is 10.6. The highest BCUT2D eigenvalue weighted by Gasteiger charge is 2.32. The molecule has 5 N–H and O–H groups in total. The zero-order valence-electron chi connectivity index (χ0n) is 20.2. The van der Waals surface area contributed by atoms with Crippen LogP contribution in [-0.2, 0) is 21.6 Å². The summed E-state index contributed by atoms with van der Waals surface area (Å²) in [5.74, 6) is 0.940. The van der Waals surface area contributed by atoms with Crippen molar-refractivity contribution in [3.8, 4) is 5.75 Å². The van der Waals surface area contributed by atoms with Crippen LogP contribution in [0.5, 0.6) is 5.75 Å². The molecule has 2 aromatic rings. The lowest BCUT2D eigenvalue weighted by Crippen LogP contribution is -2.36. The maximum atomic E-state index is 12.9. The Labute approximate surface area is 208 Å². The summed E-state index contributed by atoms with van der Waals surface area (Å²) >= 11 is -1.23. The summed E-state index contributed by atoms with van der Waals surface area (Å²) in [6, 6.07) is 3.37. The number of hydrogen-bond donors (Lipinski definition) is 4. The lowest BCUT2D eigenvalue weighted by atomic mass is 9.85. The molecular formula is C21H33N5O5S3. The van der Waals surface area contributed by atoms with Gasteiger partial charge in [0.05, 0.1) is 17.4 Å². The number of aromatic hydroxyl groups is 1. The highest BCUT2D eigenvalue weighted by Crippen LogP contribution is 2.40. The molecule has 0 aromatic carbocycles. The molecular weight excluding hydrogens is 498 g/mol. The van der Waals surface area contributed by atoms with Gasteiger partial charge < -0.3 is 24.7 Å². The molecule has 2 heterocycles. The largest absolute Gasteiger partial charge is 0.572 e. The molecule has 0 fully saturated rings. The number of rotatable bonds is 10. The Morgan fingerprint density at radius 2 is 2.00 bits per heavy atom. The van der Waals surface area contributed by atoms with Crippen molar-refractivity contribution in [1.29, 1.82) is 0 Å². The summed E-state index contributed by atoms with van der Waals surface area (Å²) in [7, 11) is -3.88. The van der Waals surface area contributed by atoms with Crippen LogP contribution in [0.1, 0.15) is 52.2 Å². The fourth-order valence-electron chi connectivity index (χ4n) is 3.22. The van der Waals surface area contributed by atoms with Gasteiger partial charge in [-0.3, -0.25) is 0 Å². The predicted molar refractivity (Wildman–Crippen MR) is 137 cm³/mol. The first-order valence-corrected chi connectivity index (χ1v) is 14.1. The SMILES string of the molecule is C=C(N[C@@H](c1ccc(C)o1)C(C)(C)C)C(=N[S+](N)[O-])Nc1csc(S(=O)(=O)N(CC)CC)c1O. The Bertz CT molecular complexity index is 1130. The molecule has 0 saturated heterocycles. The van der Waals surface area contributed by atoms with Gasteiger partial charge in [-0.25, -0.2) is 8.42 Å². The smallest absolute Gasteiger partial charge is 0.256 e. The van der Waals surface area contributed by atoms with Crippen LogP contribution in [0.4, 0.5) is 5.69 Å². The van der Waals surface area contributed by atoms with Gasteiger partial charge in [0.2, 0.25) is 5.84 Å². The van der Waals surface area contributed by atoms with Crippen molar-refractivity contribution in [2.45, 2.75) is 51.8 Å². The zero-order valence-corrected chi connectivity index (χ0v) is 22.7. The second-order valence-corrected chi connectivity index (χ2v) is 12.3. The van der Waals surface area contributed by atoms with Crippen LogP contribution < -0.4 is 15.8 Å². The molecule has 0 bridgehead atoms. The van der Waals surface area contributed by atoms with Crippen LogP contribution in [0.2, 0.25) is 0 Å². The molecule has 34 heavy (non-hydrogen) atoms. The lowest BCUT2D eigenvalue weighted by molar-refractivity contribution is 0.251. The number of furan rings is 1. The van der Waals surface area contributed by atoms with E-state index in [2.05, 4.69) is 21.6 Å². The Morgan fingerprint density at radius 3 is 2.47 bits per heavy atom.